The maximum Gasteiger partial charge on any atom is 0.256 e. The molecule has 0 unspecified atom stereocenters. The fourth-order valence-electron chi connectivity index (χ4n) is 3.51. The molecular formula is C24H20ClN3O3. The van der Waals surface area contributed by atoms with Crippen molar-refractivity contribution in [3.63, 3.8) is 0 Å². The molecule has 0 bridgehead atoms. The Morgan fingerprint density at radius 3 is 2.35 bits per heavy atom. The topological polar surface area (TPSA) is 78.5 Å². The molecule has 0 aliphatic carbocycles. The second-order valence-electron chi connectivity index (χ2n) is 7.13. The minimum absolute atomic E-state index is 0.0561. The number of piperazine rings is 1. The molecule has 0 atom stereocenters. The molecule has 0 saturated carbocycles. The first-order valence-electron chi connectivity index (χ1n) is 9.84. The summed E-state index contributed by atoms with van der Waals surface area (Å²) in [6.45, 7) is 1.45. The van der Waals surface area contributed by atoms with Gasteiger partial charge in [0.25, 0.3) is 5.91 Å². The van der Waals surface area contributed by atoms with Crippen LogP contribution in [0.1, 0.15) is 26.3 Å². The van der Waals surface area contributed by atoms with Crippen LogP contribution in [0.25, 0.3) is 0 Å². The minimum atomic E-state index is -0.402. The van der Waals surface area contributed by atoms with Gasteiger partial charge in [-0.15, -0.1) is 0 Å². The SMILES string of the molecule is O=C1CN(c2ccc(NC(=O)c3ccccc3C(=O)c3ccccc3)cc2Cl)CCN1. The first kappa shape index (κ1) is 20.6. The highest BCUT2D eigenvalue weighted by atomic mass is 35.5. The third-order valence-electron chi connectivity index (χ3n) is 5.04. The summed E-state index contributed by atoms with van der Waals surface area (Å²) >= 11 is 6.42. The summed E-state index contributed by atoms with van der Waals surface area (Å²) in [6.07, 6.45) is 0. The van der Waals surface area contributed by atoms with E-state index in [4.69, 9.17) is 11.6 Å². The van der Waals surface area contributed by atoms with Gasteiger partial charge in [0.2, 0.25) is 5.91 Å². The van der Waals surface area contributed by atoms with Crippen molar-refractivity contribution in [2.45, 2.75) is 0 Å². The van der Waals surface area contributed by atoms with E-state index in [1.165, 1.54) is 0 Å². The maximum atomic E-state index is 12.9. The lowest BCUT2D eigenvalue weighted by Crippen LogP contribution is -2.47. The molecular weight excluding hydrogens is 414 g/mol. The van der Waals surface area contributed by atoms with E-state index in [-0.39, 0.29) is 23.8 Å². The van der Waals surface area contributed by atoms with Crippen LogP contribution in [0.3, 0.4) is 0 Å². The van der Waals surface area contributed by atoms with Crippen molar-refractivity contribution in [1.82, 2.24) is 5.32 Å². The third kappa shape index (κ3) is 4.59. The fraction of sp³-hybridized carbons (Fsp3) is 0.125. The summed E-state index contributed by atoms with van der Waals surface area (Å²) < 4.78 is 0. The third-order valence-corrected chi connectivity index (χ3v) is 5.34. The number of ketones is 1. The highest BCUT2D eigenvalue weighted by molar-refractivity contribution is 6.33. The molecule has 2 amide bonds. The molecule has 0 aromatic heterocycles. The van der Waals surface area contributed by atoms with E-state index < -0.39 is 5.91 Å². The van der Waals surface area contributed by atoms with E-state index in [1.54, 1.807) is 66.7 Å². The van der Waals surface area contributed by atoms with Crippen LogP contribution in [-0.2, 0) is 4.79 Å². The van der Waals surface area contributed by atoms with Gasteiger partial charge in [-0.25, -0.2) is 0 Å². The van der Waals surface area contributed by atoms with E-state index in [9.17, 15) is 14.4 Å². The Kier molecular flexibility index (Phi) is 6.00. The zero-order valence-electron chi connectivity index (χ0n) is 16.6. The number of nitrogens with one attached hydrogen (secondary N) is 2. The van der Waals surface area contributed by atoms with Crippen LogP contribution in [0.4, 0.5) is 11.4 Å². The molecule has 1 aliphatic heterocycles. The van der Waals surface area contributed by atoms with Gasteiger partial charge in [-0.3, -0.25) is 14.4 Å². The van der Waals surface area contributed by atoms with Crippen molar-refractivity contribution >= 4 is 40.6 Å². The van der Waals surface area contributed by atoms with Crippen LogP contribution in [0.15, 0.2) is 72.8 Å². The summed E-state index contributed by atoms with van der Waals surface area (Å²) in [4.78, 5) is 39.4. The second kappa shape index (κ2) is 9.02. The minimum Gasteiger partial charge on any atom is -0.359 e. The molecule has 6 nitrogen and oxygen atoms in total. The van der Waals surface area contributed by atoms with Gasteiger partial charge in [-0.1, -0.05) is 60.1 Å². The Labute approximate surface area is 184 Å². The molecule has 4 rings (SSSR count). The number of nitrogens with zero attached hydrogens (tertiary/aromatic N) is 1. The first-order chi connectivity index (χ1) is 15.0. The zero-order valence-corrected chi connectivity index (χ0v) is 17.4. The quantitative estimate of drug-likeness (QED) is 0.600. The van der Waals surface area contributed by atoms with Crippen LogP contribution in [0.2, 0.25) is 5.02 Å². The molecule has 156 valence electrons. The lowest BCUT2D eigenvalue weighted by Gasteiger charge is -2.29. The molecule has 1 fully saturated rings. The molecule has 1 aliphatic rings. The van der Waals surface area contributed by atoms with Gasteiger partial charge in [-0.05, 0) is 24.3 Å². The number of benzene rings is 3. The second-order valence-corrected chi connectivity index (χ2v) is 7.54. The van der Waals surface area contributed by atoms with Gasteiger partial charge in [-0.2, -0.15) is 0 Å². The Morgan fingerprint density at radius 2 is 1.65 bits per heavy atom. The molecule has 1 heterocycles. The Morgan fingerprint density at radius 1 is 0.935 bits per heavy atom. The molecule has 3 aromatic carbocycles. The highest BCUT2D eigenvalue weighted by Gasteiger charge is 2.20. The zero-order chi connectivity index (χ0) is 21.8. The predicted molar refractivity (Wildman–Crippen MR) is 121 cm³/mol. The molecule has 7 heteroatoms. The predicted octanol–water partition coefficient (Wildman–Crippen LogP) is 3.76. The van der Waals surface area contributed by atoms with Crippen molar-refractivity contribution in [1.29, 1.82) is 0 Å². The lowest BCUT2D eigenvalue weighted by molar-refractivity contribution is -0.120. The van der Waals surface area contributed by atoms with Crippen molar-refractivity contribution in [3.05, 3.63) is 94.5 Å². The average Bonchev–Trinajstić information content (AvgIpc) is 2.79. The first-order valence-corrected chi connectivity index (χ1v) is 10.2. The van der Waals surface area contributed by atoms with Crippen LogP contribution >= 0.6 is 11.6 Å². The maximum absolute atomic E-state index is 12.9. The highest BCUT2D eigenvalue weighted by Crippen LogP contribution is 2.29. The van der Waals surface area contributed by atoms with Crippen LogP contribution in [0.5, 0.6) is 0 Å². The summed E-state index contributed by atoms with van der Waals surface area (Å²) in [6, 6.07) is 20.7. The number of carbonyl (C=O) groups is 3. The van der Waals surface area contributed by atoms with Crippen molar-refractivity contribution in [3.8, 4) is 0 Å². The fourth-order valence-corrected chi connectivity index (χ4v) is 3.81. The largest absolute Gasteiger partial charge is 0.359 e. The van der Waals surface area contributed by atoms with Crippen LogP contribution in [0, 0.1) is 0 Å². The summed E-state index contributed by atoms with van der Waals surface area (Å²) in [5.74, 6) is -0.677. The van der Waals surface area contributed by atoms with E-state index in [0.29, 0.717) is 34.9 Å². The van der Waals surface area contributed by atoms with Crippen LogP contribution in [-0.4, -0.2) is 37.2 Å². The summed E-state index contributed by atoms with van der Waals surface area (Å²) in [5.41, 5.74) is 2.36. The van der Waals surface area contributed by atoms with Gasteiger partial charge in [0, 0.05) is 29.9 Å². The molecule has 31 heavy (non-hydrogen) atoms. The van der Waals surface area contributed by atoms with Gasteiger partial charge < -0.3 is 15.5 Å². The molecule has 0 spiro atoms. The van der Waals surface area contributed by atoms with E-state index in [1.807, 2.05) is 11.0 Å². The smallest absolute Gasteiger partial charge is 0.256 e. The summed E-state index contributed by atoms with van der Waals surface area (Å²) in [7, 11) is 0. The number of carbonyl (C=O) groups excluding carboxylic acids is 3. The number of hydrogen-bond donors (Lipinski definition) is 2. The monoisotopic (exact) mass is 433 g/mol. The van der Waals surface area contributed by atoms with Gasteiger partial charge in [0.05, 0.1) is 22.8 Å². The van der Waals surface area contributed by atoms with Gasteiger partial charge in [0.1, 0.15) is 0 Å². The number of rotatable bonds is 5. The standard InChI is InChI=1S/C24H20ClN3O3/c25-20-14-17(10-11-21(20)28-13-12-26-22(29)15-28)27-24(31)19-9-5-4-8-18(19)23(30)16-6-2-1-3-7-16/h1-11,14H,12-13,15H2,(H,26,29)(H,27,31). The van der Waals surface area contributed by atoms with Gasteiger partial charge >= 0.3 is 0 Å². The molecule has 2 N–H and O–H groups in total. The lowest BCUT2D eigenvalue weighted by atomic mass is 9.98. The summed E-state index contributed by atoms with van der Waals surface area (Å²) in [5, 5.41) is 6.02. The van der Waals surface area contributed by atoms with E-state index >= 15 is 0 Å². The Hall–Kier alpha value is -3.64. The van der Waals surface area contributed by atoms with E-state index in [0.717, 1.165) is 5.69 Å². The Balaban J connectivity index is 1.55. The number of anilines is 2. The number of hydrogen-bond acceptors (Lipinski definition) is 4. The van der Waals surface area contributed by atoms with Crippen molar-refractivity contribution in [2.24, 2.45) is 0 Å². The normalized spacial score (nSPS) is 13.5. The van der Waals surface area contributed by atoms with E-state index in [2.05, 4.69) is 10.6 Å². The molecule has 1 saturated heterocycles. The molecule has 3 aromatic rings. The Bertz CT molecular complexity index is 1150. The van der Waals surface area contributed by atoms with Crippen LogP contribution < -0.4 is 15.5 Å². The molecule has 0 radical (unpaired) electrons. The van der Waals surface area contributed by atoms with Crippen molar-refractivity contribution in [2.75, 3.05) is 29.9 Å². The van der Waals surface area contributed by atoms with Crippen molar-refractivity contribution < 1.29 is 14.4 Å². The average molecular weight is 434 g/mol. The number of halogens is 1. The number of amides is 2. The van der Waals surface area contributed by atoms with Gasteiger partial charge in [0.15, 0.2) is 5.78 Å².